The number of aromatic hydroxyl groups is 1. The van der Waals surface area contributed by atoms with Crippen LogP contribution in [-0.4, -0.2) is 24.9 Å². The average Bonchev–Trinajstić information content (AvgIpc) is 2.24. The number of nitrogens with one attached hydrogen (secondary N) is 1. The summed E-state index contributed by atoms with van der Waals surface area (Å²) in [4.78, 5) is 0. The number of phenolic OH excluding ortho intramolecular Hbond substituents is 1. The van der Waals surface area contributed by atoms with E-state index in [0.29, 0.717) is 24.3 Å². The van der Waals surface area contributed by atoms with E-state index >= 15 is 0 Å². The second kappa shape index (κ2) is 6.51. The summed E-state index contributed by atoms with van der Waals surface area (Å²) in [5.41, 5.74) is 1.08. The van der Waals surface area contributed by atoms with Crippen molar-refractivity contribution >= 4 is 0 Å². The maximum absolute atomic E-state index is 9.34. The standard InChI is InChI=1S/C13H21NO2/c1-10(2)13(9-16-3)14-8-11-5-4-6-12(15)7-11/h4-7,10,13-15H,8-9H2,1-3H3. The minimum absolute atomic E-state index is 0.312. The maximum Gasteiger partial charge on any atom is 0.115 e. The van der Waals surface area contributed by atoms with Gasteiger partial charge in [0.1, 0.15) is 5.75 Å². The molecule has 0 aliphatic carbocycles. The van der Waals surface area contributed by atoms with Gasteiger partial charge in [-0.2, -0.15) is 0 Å². The molecule has 1 atom stereocenters. The Hall–Kier alpha value is -1.06. The Morgan fingerprint density at radius 2 is 2.12 bits per heavy atom. The third-order valence-corrected chi connectivity index (χ3v) is 2.63. The molecule has 0 fully saturated rings. The molecule has 0 saturated carbocycles. The van der Waals surface area contributed by atoms with Crippen molar-refractivity contribution in [2.24, 2.45) is 5.92 Å². The Morgan fingerprint density at radius 1 is 1.38 bits per heavy atom. The number of hydrogen-bond acceptors (Lipinski definition) is 3. The molecular weight excluding hydrogens is 202 g/mol. The van der Waals surface area contributed by atoms with Crippen LogP contribution in [0.15, 0.2) is 24.3 Å². The van der Waals surface area contributed by atoms with Crippen LogP contribution in [0.4, 0.5) is 0 Å². The first-order valence-electron chi connectivity index (χ1n) is 5.63. The molecule has 0 bridgehead atoms. The molecule has 1 unspecified atom stereocenters. The largest absolute Gasteiger partial charge is 0.508 e. The minimum Gasteiger partial charge on any atom is -0.508 e. The van der Waals surface area contributed by atoms with Crippen molar-refractivity contribution < 1.29 is 9.84 Å². The molecule has 1 rings (SSSR count). The van der Waals surface area contributed by atoms with Crippen LogP contribution in [0.2, 0.25) is 0 Å². The third kappa shape index (κ3) is 4.21. The van der Waals surface area contributed by atoms with Gasteiger partial charge in [0.2, 0.25) is 0 Å². The monoisotopic (exact) mass is 223 g/mol. The average molecular weight is 223 g/mol. The van der Waals surface area contributed by atoms with Crippen molar-refractivity contribution in [3.63, 3.8) is 0 Å². The highest BCUT2D eigenvalue weighted by atomic mass is 16.5. The molecule has 0 amide bonds. The van der Waals surface area contributed by atoms with Crippen molar-refractivity contribution in [3.05, 3.63) is 29.8 Å². The van der Waals surface area contributed by atoms with Gasteiger partial charge in [-0.1, -0.05) is 26.0 Å². The van der Waals surface area contributed by atoms with Gasteiger partial charge in [-0.25, -0.2) is 0 Å². The molecule has 16 heavy (non-hydrogen) atoms. The molecule has 0 spiro atoms. The van der Waals surface area contributed by atoms with E-state index in [-0.39, 0.29) is 0 Å². The lowest BCUT2D eigenvalue weighted by Gasteiger charge is -2.21. The topological polar surface area (TPSA) is 41.5 Å². The van der Waals surface area contributed by atoms with Crippen LogP contribution in [0.3, 0.4) is 0 Å². The van der Waals surface area contributed by atoms with Crippen molar-refractivity contribution in [3.8, 4) is 5.75 Å². The summed E-state index contributed by atoms with van der Waals surface area (Å²) in [5, 5.41) is 12.8. The molecule has 0 saturated heterocycles. The fraction of sp³-hybridized carbons (Fsp3) is 0.538. The van der Waals surface area contributed by atoms with E-state index in [1.165, 1.54) is 0 Å². The van der Waals surface area contributed by atoms with Crippen LogP contribution < -0.4 is 5.32 Å². The first-order chi connectivity index (χ1) is 7.63. The Labute approximate surface area is 97.4 Å². The molecule has 0 heterocycles. The molecule has 0 aliphatic rings. The van der Waals surface area contributed by atoms with Crippen molar-refractivity contribution in [1.82, 2.24) is 5.32 Å². The summed E-state index contributed by atoms with van der Waals surface area (Å²) in [6, 6.07) is 7.65. The number of methoxy groups -OCH3 is 1. The predicted octanol–water partition coefficient (Wildman–Crippen LogP) is 2.15. The van der Waals surface area contributed by atoms with E-state index in [9.17, 15) is 5.11 Å². The first-order valence-corrected chi connectivity index (χ1v) is 5.63. The molecule has 0 radical (unpaired) electrons. The van der Waals surface area contributed by atoms with Crippen molar-refractivity contribution in [2.75, 3.05) is 13.7 Å². The molecule has 0 aromatic heterocycles. The van der Waals surface area contributed by atoms with Gasteiger partial charge in [0, 0.05) is 19.7 Å². The van der Waals surface area contributed by atoms with Crippen molar-refractivity contribution in [1.29, 1.82) is 0 Å². The van der Waals surface area contributed by atoms with Gasteiger partial charge < -0.3 is 15.2 Å². The van der Waals surface area contributed by atoms with E-state index in [4.69, 9.17) is 4.74 Å². The lowest BCUT2D eigenvalue weighted by Crippen LogP contribution is -2.37. The lowest BCUT2D eigenvalue weighted by atomic mass is 10.0. The van der Waals surface area contributed by atoms with Gasteiger partial charge in [0.15, 0.2) is 0 Å². The number of benzene rings is 1. The van der Waals surface area contributed by atoms with Crippen LogP contribution in [-0.2, 0) is 11.3 Å². The second-order valence-electron chi connectivity index (χ2n) is 4.36. The molecule has 3 nitrogen and oxygen atoms in total. The zero-order chi connectivity index (χ0) is 12.0. The van der Waals surface area contributed by atoms with E-state index in [2.05, 4.69) is 19.2 Å². The Kier molecular flexibility index (Phi) is 5.29. The summed E-state index contributed by atoms with van der Waals surface area (Å²) in [5.74, 6) is 0.837. The summed E-state index contributed by atoms with van der Waals surface area (Å²) in [7, 11) is 1.71. The summed E-state index contributed by atoms with van der Waals surface area (Å²) >= 11 is 0. The SMILES string of the molecule is COCC(NCc1cccc(O)c1)C(C)C. The fourth-order valence-electron chi connectivity index (χ4n) is 1.58. The van der Waals surface area contributed by atoms with E-state index in [1.54, 1.807) is 19.2 Å². The van der Waals surface area contributed by atoms with E-state index < -0.39 is 0 Å². The highest BCUT2D eigenvalue weighted by molar-refractivity contribution is 5.26. The number of rotatable bonds is 6. The predicted molar refractivity (Wildman–Crippen MR) is 65.4 cm³/mol. The van der Waals surface area contributed by atoms with Crippen LogP contribution in [0.25, 0.3) is 0 Å². The van der Waals surface area contributed by atoms with Gasteiger partial charge in [-0.3, -0.25) is 0 Å². The normalized spacial score (nSPS) is 13.0. The second-order valence-corrected chi connectivity index (χ2v) is 4.36. The molecule has 2 N–H and O–H groups in total. The molecule has 1 aromatic carbocycles. The smallest absolute Gasteiger partial charge is 0.115 e. The summed E-state index contributed by atoms with van der Waals surface area (Å²) in [6.45, 7) is 5.79. The lowest BCUT2D eigenvalue weighted by molar-refractivity contribution is 0.146. The Balaban J connectivity index is 2.48. The number of hydrogen-bond donors (Lipinski definition) is 2. The molecule has 1 aromatic rings. The van der Waals surface area contributed by atoms with Crippen LogP contribution in [0, 0.1) is 5.92 Å². The Morgan fingerprint density at radius 3 is 2.69 bits per heavy atom. The van der Waals surface area contributed by atoms with Crippen molar-refractivity contribution in [2.45, 2.75) is 26.4 Å². The van der Waals surface area contributed by atoms with E-state index in [1.807, 2.05) is 12.1 Å². The van der Waals surface area contributed by atoms with Crippen LogP contribution in [0.1, 0.15) is 19.4 Å². The van der Waals surface area contributed by atoms with Gasteiger partial charge in [-0.15, -0.1) is 0 Å². The molecular formula is C13H21NO2. The highest BCUT2D eigenvalue weighted by Gasteiger charge is 2.11. The molecule has 0 aliphatic heterocycles. The van der Waals surface area contributed by atoms with Gasteiger partial charge in [0.05, 0.1) is 6.61 Å². The fourth-order valence-corrected chi connectivity index (χ4v) is 1.58. The highest BCUT2D eigenvalue weighted by Crippen LogP contribution is 2.11. The Bertz CT molecular complexity index is 313. The van der Waals surface area contributed by atoms with Gasteiger partial charge in [0.25, 0.3) is 0 Å². The summed E-state index contributed by atoms with van der Waals surface area (Å²) in [6.07, 6.45) is 0. The molecule has 90 valence electrons. The maximum atomic E-state index is 9.34. The third-order valence-electron chi connectivity index (χ3n) is 2.63. The zero-order valence-electron chi connectivity index (χ0n) is 10.2. The van der Waals surface area contributed by atoms with Crippen LogP contribution >= 0.6 is 0 Å². The number of ether oxygens (including phenoxy) is 1. The van der Waals surface area contributed by atoms with Gasteiger partial charge >= 0.3 is 0 Å². The van der Waals surface area contributed by atoms with Gasteiger partial charge in [-0.05, 0) is 23.6 Å². The number of phenols is 1. The minimum atomic E-state index is 0.312. The quantitative estimate of drug-likeness (QED) is 0.776. The summed E-state index contributed by atoms with van der Waals surface area (Å²) < 4.78 is 5.17. The van der Waals surface area contributed by atoms with E-state index in [0.717, 1.165) is 12.1 Å². The molecule has 3 heteroatoms. The van der Waals surface area contributed by atoms with Crippen LogP contribution in [0.5, 0.6) is 5.75 Å². The first kappa shape index (κ1) is 13.0. The zero-order valence-corrected chi connectivity index (χ0v) is 10.2.